The van der Waals surface area contributed by atoms with Gasteiger partial charge in [-0.1, -0.05) is 19.9 Å². The summed E-state index contributed by atoms with van der Waals surface area (Å²) in [6.07, 6.45) is 6.07. The second kappa shape index (κ2) is 6.52. The summed E-state index contributed by atoms with van der Waals surface area (Å²) in [7, 11) is 0. The van der Waals surface area contributed by atoms with Gasteiger partial charge in [0.1, 0.15) is 5.69 Å². The summed E-state index contributed by atoms with van der Waals surface area (Å²) < 4.78 is 0. The second-order valence-electron chi connectivity index (χ2n) is 5.70. The van der Waals surface area contributed by atoms with Gasteiger partial charge in [0.05, 0.1) is 0 Å². The van der Waals surface area contributed by atoms with Gasteiger partial charge < -0.3 is 10.0 Å². The molecule has 0 radical (unpaired) electrons. The Bertz CT molecular complexity index is 562. The lowest BCUT2D eigenvalue weighted by atomic mass is 10.1. The van der Waals surface area contributed by atoms with E-state index in [0.29, 0.717) is 29.8 Å². The van der Waals surface area contributed by atoms with E-state index in [1.165, 1.54) is 6.08 Å². The van der Waals surface area contributed by atoms with Gasteiger partial charge in [0.2, 0.25) is 0 Å². The van der Waals surface area contributed by atoms with Crippen LogP contribution in [-0.2, 0) is 4.79 Å². The van der Waals surface area contributed by atoms with Crippen LogP contribution in [0.1, 0.15) is 42.7 Å². The molecular weight excluding hydrogens is 268 g/mol. The van der Waals surface area contributed by atoms with Gasteiger partial charge in [0, 0.05) is 30.4 Å². The molecule has 5 nitrogen and oxygen atoms in total. The van der Waals surface area contributed by atoms with E-state index in [0.717, 1.165) is 18.9 Å². The highest BCUT2D eigenvalue weighted by molar-refractivity contribution is 5.97. The molecule has 1 N–H and O–H groups in total. The van der Waals surface area contributed by atoms with Crippen LogP contribution >= 0.6 is 0 Å². The number of pyridine rings is 1. The zero-order valence-electron chi connectivity index (χ0n) is 12.3. The van der Waals surface area contributed by atoms with E-state index in [2.05, 4.69) is 18.8 Å². The van der Waals surface area contributed by atoms with Crippen LogP contribution in [-0.4, -0.2) is 39.5 Å². The van der Waals surface area contributed by atoms with Crippen molar-refractivity contribution in [1.29, 1.82) is 0 Å². The van der Waals surface area contributed by atoms with E-state index >= 15 is 0 Å². The minimum atomic E-state index is -1.04. The molecule has 2 rings (SSSR count). The lowest BCUT2D eigenvalue weighted by molar-refractivity contribution is -0.131. The summed E-state index contributed by atoms with van der Waals surface area (Å²) in [6.45, 7) is 4.85. The van der Waals surface area contributed by atoms with Gasteiger partial charge in [0.25, 0.3) is 5.91 Å². The maximum atomic E-state index is 12.7. The first kappa shape index (κ1) is 15.2. The molecule has 5 heteroatoms. The van der Waals surface area contributed by atoms with Gasteiger partial charge in [-0.15, -0.1) is 0 Å². The maximum Gasteiger partial charge on any atom is 0.328 e. The van der Waals surface area contributed by atoms with Crippen LogP contribution in [0.5, 0.6) is 0 Å². The molecule has 0 saturated heterocycles. The summed E-state index contributed by atoms with van der Waals surface area (Å²) in [5.74, 6) is -0.772. The molecule has 0 aromatic carbocycles. The lowest BCUT2D eigenvalue weighted by Gasteiger charge is -2.24. The van der Waals surface area contributed by atoms with Gasteiger partial charge in [-0.05, 0) is 30.9 Å². The number of rotatable bonds is 6. The molecule has 0 bridgehead atoms. The van der Waals surface area contributed by atoms with Crippen molar-refractivity contribution in [2.24, 2.45) is 5.92 Å². The fourth-order valence-corrected chi connectivity index (χ4v) is 2.21. The third-order valence-electron chi connectivity index (χ3n) is 3.26. The van der Waals surface area contributed by atoms with Crippen LogP contribution in [0.3, 0.4) is 0 Å². The van der Waals surface area contributed by atoms with Gasteiger partial charge in [-0.25, -0.2) is 4.79 Å². The van der Waals surface area contributed by atoms with Crippen LogP contribution < -0.4 is 0 Å². The van der Waals surface area contributed by atoms with Crippen molar-refractivity contribution in [2.45, 2.75) is 32.7 Å². The number of amides is 1. The van der Waals surface area contributed by atoms with E-state index in [1.54, 1.807) is 18.3 Å². The van der Waals surface area contributed by atoms with Crippen molar-refractivity contribution in [3.63, 3.8) is 0 Å². The van der Waals surface area contributed by atoms with Crippen molar-refractivity contribution >= 4 is 18.0 Å². The van der Waals surface area contributed by atoms with Crippen molar-refractivity contribution < 1.29 is 14.7 Å². The number of aromatic nitrogens is 1. The van der Waals surface area contributed by atoms with Crippen LogP contribution in [0.15, 0.2) is 24.4 Å². The third kappa shape index (κ3) is 4.15. The van der Waals surface area contributed by atoms with Crippen LogP contribution in [0.4, 0.5) is 0 Å². The van der Waals surface area contributed by atoms with Crippen molar-refractivity contribution in [3.05, 3.63) is 35.7 Å². The third-order valence-corrected chi connectivity index (χ3v) is 3.26. The Balaban J connectivity index is 2.27. The van der Waals surface area contributed by atoms with E-state index in [1.807, 2.05) is 4.90 Å². The first-order valence-electron chi connectivity index (χ1n) is 7.16. The lowest BCUT2D eigenvalue weighted by Crippen LogP contribution is -2.37. The first-order chi connectivity index (χ1) is 9.99. The number of carbonyl (C=O) groups excluding carboxylic acids is 1. The molecule has 1 aromatic rings. The van der Waals surface area contributed by atoms with Crippen molar-refractivity contribution in [1.82, 2.24) is 9.88 Å². The van der Waals surface area contributed by atoms with E-state index in [4.69, 9.17) is 5.11 Å². The van der Waals surface area contributed by atoms with Crippen LogP contribution in [0.25, 0.3) is 6.08 Å². The number of hydrogen-bond donors (Lipinski definition) is 1. The Hall–Kier alpha value is -2.17. The summed E-state index contributed by atoms with van der Waals surface area (Å²) in [5.41, 5.74) is 0.863. The Labute approximate surface area is 124 Å². The molecule has 0 unspecified atom stereocenters. The average Bonchev–Trinajstić information content (AvgIpc) is 3.26. The van der Waals surface area contributed by atoms with Gasteiger partial charge >= 0.3 is 5.97 Å². The zero-order chi connectivity index (χ0) is 15.4. The second-order valence-corrected chi connectivity index (χ2v) is 5.70. The highest BCUT2D eigenvalue weighted by atomic mass is 16.4. The molecule has 1 amide bonds. The Morgan fingerprint density at radius 2 is 2.19 bits per heavy atom. The van der Waals surface area contributed by atoms with E-state index in [9.17, 15) is 9.59 Å². The normalized spacial score (nSPS) is 14.6. The van der Waals surface area contributed by atoms with Crippen LogP contribution in [0.2, 0.25) is 0 Å². The van der Waals surface area contributed by atoms with E-state index < -0.39 is 5.97 Å². The molecule has 1 aromatic heterocycles. The summed E-state index contributed by atoms with van der Waals surface area (Å²) in [5, 5.41) is 8.73. The summed E-state index contributed by atoms with van der Waals surface area (Å²) >= 11 is 0. The predicted octanol–water partition coefficient (Wildman–Crippen LogP) is 2.44. The van der Waals surface area contributed by atoms with Crippen molar-refractivity contribution in [3.8, 4) is 0 Å². The number of nitrogens with zero attached hydrogens (tertiary/aromatic N) is 2. The largest absolute Gasteiger partial charge is 0.478 e. The van der Waals surface area contributed by atoms with Crippen molar-refractivity contribution in [2.75, 3.05) is 6.54 Å². The molecule has 1 fully saturated rings. The molecule has 1 aliphatic rings. The molecule has 1 saturated carbocycles. The molecule has 0 atom stereocenters. The molecule has 21 heavy (non-hydrogen) atoms. The topological polar surface area (TPSA) is 70.5 Å². The zero-order valence-corrected chi connectivity index (χ0v) is 12.3. The summed E-state index contributed by atoms with van der Waals surface area (Å²) in [4.78, 5) is 29.4. The fraction of sp³-hybridized carbons (Fsp3) is 0.438. The number of aliphatic carboxylic acids is 1. The summed E-state index contributed by atoms with van der Waals surface area (Å²) in [6, 6.07) is 3.71. The molecule has 1 aliphatic carbocycles. The minimum absolute atomic E-state index is 0.114. The molecular formula is C16H20N2O3. The quantitative estimate of drug-likeness (QED) is 0.816. The minimum Gasteiger partial charge on any atom is -0.478 e. The maximum absolute atomic E-state index is 12.7. The monoisotopic (exact) mass is 288 g/mol. The standard InChI is InChI=1S/C16H20N2O3/c1-11(2)10-18(13-6-7-13)16(21)15-12(4-3-9-17-15)5-8-14(19)20/h3-5,8-9,11,13H,6-7,10H2,1-2H3,(H,19,20)/b8-5+. The predicted molar refractivity (Wildman–Crippen MR) is 79.8 cm³/mol. The number of carbonyl (C=O) groups is 2. The molecule has 1 heterocycles. The van der Waals surface area contributed by atoms with Gasteiger partial charge in [-0.2, -0.15) is 0 Å². The Morgan fingerprint density at radius 3 is 2.76 bits per heavy atom. The van der Waals surface area contributed by atoms with Gasteiger partial charge in [0.15, 0.2) is 0 Å². The Kier molecular flexibility index (Phi) is 4.73. The number of carboxylic acids is 1. The number of carboxylic acid groups (broad SMARTS) is 1. The highest BCUT2D eigenvalue weighted by Gasteiger charge is 2.34. The van der Waals surface area contributed by atoms with E-state index in [-0.39, 0.29) is 5.91 Å². The van der Waals surface area contributed by atoms with Gasteiger partial charge in [-0.3, -0.25) is 9.78 Å². The SMILES string of the molecule is CC(C)CN(C(=O)c1ncccc1/C=C/C(=O)O)C1CC1. The highest BCUT2D eigenvalue weighted by Crippen LogP contribution is 2.29. The molecule has 112 valence electrons. The molecule has 0 aliphatic heterocycles. The smallest absolute Gasteiger partial charge is 0.328 e. The first-order valence-corrected chi connectivity index (χ1v) is 7.16. The average molecular weight is 288 g/mol. The Morgan fingerprint density at radius 1 is 1.48 bits per heavy atom. The molecule has 0 spiro atoms. The number of hydrogen-bond acceptors (Lipinski definition) is 3. The fourth-order valence-electron chi connectivity index (χ4n) is 2.21. The van der Waals surface area contributed by atoms with Crippen LogP contribution in [0, 0.1) is 5.92 Å².